The van der Waals surface area contributed by atoms with Gasteiger partial charge in [0.25, 0.3) is 0 Å². The Morgan fingerprint density at radius 3 is 2.55 bits per heavy atom. The predicted octanol–water partition coefficient (Wildman–Crippen LogP) is 0.913. The van der Waals surface area contributed by atoms with E-state index < -0.39 is 17.4 Å². The zero-order valence-electron chi connectivity index (χ0n) is 11.2. The van der Waals surface area contributed by atoms with Crippen LogP contribution >= 0.6 is 0 Å². The maximum Gasteiger partial charge on any atom is 0.221 e. The maximum atomic E-state index is 13.1. The van der Waals surface area contributed by atoms with Crippen LogP contribution in [0.1, 0.15) is 12.0 Å². The van der Waals surface area contributed by atoms with Crippen molar-refractivity contribution in [3.05, 3.63) is 29.3 Å². The molecule has 1 amide bonds. The molecule has 0 heterocycles. The van der Waals surface area contributed by atoms with Crippen molar-refractivity contribution in [3.63, 3.8) is 0 Å². The van der Waals surface area contributed by atoms with Crippen LogP contribution < -0.4 is 10.6 Å². The number of rotatable bonds is 8. The van der Waals surface area contributed by atoms with Gasteiger partial charge < -0.3 is 20.5 Å². The summed E-state index contributed by atoms with van der Waals surface area (Å²) in [4.78, 5) is 11.3. The van der Waals surface area contributed by atoms with Gasteiger partial charge in [-0.2, -0.15) is 0 Å². The average Bonchev–Trinajstić information content (AvgIpc) is 2.41. The molecular weight excluding hydrogens is 270 g/mol. The molecule has 3 N–H and O–H groups in total. The van der Waals surface area contributed by atoms with E-state index in [2.05, 4.69) is 10.6 Å². The monoisotopic (exact) mass is 288 g/mol. The number of ether oxygens (including phenoxy) is 1. The first-order valence-electron chi connectivity index (χ1n) is 6.18. The summed E-state index contributed by atoms with van der Waals surface area (Å²) in [5.74, 6) is -3.11. The second-order valence-electron chi connectivity index (χ2n) is 4.18. The molecule has 0 aliphatic rings. The third-order valence-electron chi connectivity index (χ3n) is 2.56. The van der Waals surface area contributed by atoms with Gasteiger partial charge in [0.15, 0.2) is 17.4 Å². The highest BCUT2D eigenvalue weighted by atomic mass is 19.1. The Morgan fingerprint density at radius 1 is 1.30 bits per heavy atom. The molecule has 0 saturated heterocycles. The first-order chi connectivity index (χ1) is 9.54. The second kappa shape index (κ2) is 8.44. The highest BCUT2D eigenvalue weighted by Gasteiger charge is 2.09. The molecule has 20 heavy (non-hydrogen) atoms. The zero-order chi connectivity index (χ0) is 15.0. The SMILES string of the molecule is COCCNC(=O)CCNCc1cc(F)c(O)c(F)c1. The predicted molar refractivity (Wildman–Crippen MR) is 69.2 cm³/mol. The van der Waals surface area contributed by atoms with Crippen LogP contribution in [0.15, 0.2) is 12.1 Å². The summed E-state index contributed by atoms with van der Waals surface area (Å²) in [6, 6.07) is 2.09. The number of aromatic hydroxyl groups is 1. The summed E-state index contributed by atoms with van der Waals surface area (Å²) in [5.41, 5.74) is 0.359. The van der Waals surface area contributed by atoms with Crippen molar-refractivity contribution in [3.8, 4) is 5.75 Å². The molecule has 0 fully saturated rings. The largest absolute Gasteiger partial charge is 0.503 e. The Balaban J connectivity index is 2.26. The summed E-state index contributed by atoms with van der Waals surface area (Å²) in [6.45, 7) is 1.48. The van der Waals surface area contributed by atoms with Crippen molar-refractivity contribution < 1.29 is 23.4 Å². The Kier molecular flexibility index (Phi) is 6.89. The van der Waals surface area contributed by atoms with E-state index >= 15 is 0 Å². The minimum atomic E-state index is -1.00. The molecule has 1 aromatic rings. The topological polar surface area (TPSA) is 70.6 Å². The quantitative estimate of drug-likeness (QED) is 0.622. The minimum absolute atomic E-state index is 0.127. The third-order valence-corrected chi connectivity index (χ3v) is 2.56. The number of carbonyl (C=O) groups excluding carboxylic acids is 1. The van der Waals surface area contributed by atoms with Gasteiger partial charge in [0.1, 0.15) is 0 Å². The first kappa shape index (κ1) is 16.3. The summed E-state index contributed by atoms with van der Waals surface area (Å²) in [5, 5.41) is 14.5. The molecule has 0 spiro atoms. The van der Waals surface area contributed by atoms with Crippen LogP contribution in [0.25, 0.3) is 0 Å². The zero-order valence-corrected chi connectivity index (χ0v) is 11.2. The molecule has 1 rings (SSSR count). The Morgan fingerprint density at radius 2 is 1.95 bits per heavy atom. The fourth-order valence-electron chi connectivity index (χ4n) is 1.54. The third kappa shape index (κ3) is 5.50. The van der Waals surface area contributed by atoms with Gasteiger partial charge in [-0.05, 0) is 17.7 Å². The molecule has 0 saturated carbocycles. The van der Waals surface area contributed by atoms with Gasteiger partial charge in [0.2, 0.25) is 5.91 Å². The van der Waals surface area contributed by atoms with E-state index in [1.807, 2.05) is 0 Å². The van der Waals surface area contributed by atoms with Gasteiger partial charge in [-0.3, -0.25) is 4.79 Å². The van der Waals surface area contributed by atoms with E-state index in [9.17, 15) is 13.6 Å². The van der Waals surface area contributed by atoms with Gasteiger partial charge in [0.05, 0.1) is 6.61 Å². The van der Waals surface area contributed by atoms with Crippen LogP contribution in [0.3, 0.4) is 0 Å². The molecule has 0 bridgehead atoms. The highest BCUT2D eigenvalue weighted by Crippen LogP contribution is 2.21. The molecule has 0 aliphatic heterocycles. The molecule has 7 heteroatoms. The Labute approximate surface area is 115 Å². The van der Waals surface area contributed by atoms with Gasteiger partial charge >= 0.3 is 0 Å². The van der Waals surface area contributed by atoms with Crippen LogP contribution in [-0.4, -0.2) is 37.8 Å². The second-order valence-corrected chi connectivity index (χ2v) is 4.18. The molecule has 5 nitrogen and oxygen atoms in total. The number of amides is 1. The van der Waals surface area contributed by atoms with E-state index in [0.29, 0.717) is 25.3 Å². The normalized spacial score (nSPS) is 10.6. The Bertz CT molecular complexity index is 432. The van der Waals surface area contributed by atoms with Crippen molar-refractivity contribution in [2.75, 3.05) is 26.8 Å². The van der Waals surface area contributed by atoms with Crippen LogP contribution in [0.4, 0.5) is 8.78 Å². The molecule has 112 valence electrons. The summed E-state index contributed by atoms with van der Waals surface area (Å²) in [6.07, 6.45) is 0.257. The first-order valence-corrected chi connectivity index (χ1v) is 6.18. The molecule has 0 aliphatic carbocycles. The molecule has 0 atom stereocenters. The number of benzene rings is 1. The number of halogens is 2. The summed E-state index contributed by atoms with van der Waals surface area (Å²) < 4.78 is 30.9. The van der Waals surface area contributed by atoms with Gasteiger partial charge in [0, 0.05) is 33.2 Å². The van der Waals surface area contributed by atoms with Crippen molar-refractivity contribution in [2.24, 2.45) is 0 Å². The van der Waals surface area contributed by atoms with Gasteiger partial charge in [-0.1, -0.05) is 0 Å². The number of phenols is 1. The molecular formula is C13H18F2N2O3. The molecule has 0 aromatic heterocycles. The van der Waals surface area contributed by atoms with Crippen molar-refractivity contribution >= 4 is 5.91 Å². The lowest BCUT2D eigenvalue weighted by atomic mass is 10.2. The van der Waals surface area contributed by atoms with Crippen molar-refractivity contribution in [2.45, 2.75) is 13.0 Å². The minimum Gasteiger partial charge on any atom is -0.503 e. The average molecular weight is 288 g/mol. The number of hydrogen-bond acceptors (Lipinski definition) is 4. The van der Waals surface area contributed by atoms with Crippen molar-refractivity contribution in [1.29, 1.82) is 0 Å². The van der Waals surface area contributed by atoms with Gasteiger partial charge in [-0.25, -0.2) is 8.78 Å². The maximum absolute atomic E-state index is 13.1. The number of nitrogens with one attached hydrogen (secondary N) is 2. The fraction of sp³-hybridized carbons (Fsp3) is 0.462. The Hall–Kier alpha value is -1.73. The van der Waals surface area contributed by atoms with E-state index in [-0.39, 0.29) is 18.9 Å². The van der Waals surface area contributed by atoms with E-state index in [1.54, 1.807) is 7.11 Å². The lowest BCUT2D eigenvalue weighted by Crippen LogP contribution is -2.29. The smallest absolute Gasteiger partial charge is 0.221 e. The van der Waals surface area contributed by atoms with Crippen LogP contribution in [0.2, 0.25) is 0 Å². The molecule has 0 radical (unpaired) electrons. The van der Waals surface area contributed by atoms with Crippen LogP contribution in [0.5, 0.6) is 5.75 Å². The number of hydrogen-bond donors (Lipinski definition) is 3. The molecule has 0 unspecified atom stereocenters. The number of carbonyl (C=O) groups is 1. The van der Waals surface area contributed by atoms with E-state index in [4.69, 9.17) is 9.84 Å². The summed E-state index contributed by atoms with van der Waals surface area (Å²) in [7, 11) is 1.55. The molecule has 1 aromatic carbocycles. The number of methoxy groups -OCH3 is 1. The van der Waals surface area contributed by atoms with Crippen LogP contribution in [0, 0.1) is 11.6 Å². The fourth-order valence-corrected chi connectivity index (χ4v) is 1.54. The highest BCUT2D eigenvalue weighted by molar-refractivity contribution is 5.76. The standard InChI is InChI=1S/C13H18F2N2O3/c1-20-5-4-17-12(18)2-3-16-8-9-6-10(14)13(19)11(15)7-9/h6-7,16,19H,2-5,8H2,1H3,(H,17,18). The lowest BCUT2D eigenvalue weighted by Gasteiger charge is -2.07. The van der Waals surface area contributed by atoms with Crippen LogP contribution in [-0.2, 0) is 16.1 Å². The van der Waals surface area contributed by atoms with Gasteiger partial charge in [-0.15, -0.1) is 0 Å². The van der Waals surface area contributed by atoms with E-state index in [0.717, 1.165) is 12.1 Å². The van der Waals surface area contributed by atoms with Crippen molar-refractivity contribution in [1.82, 2.24) is 10.6 Å². The summed E-state index contributed by atoms with van der Waals surface area (Å²) >= 11 is 0. The lowest BCUT2D eigenvalue weighted by molar-refractivity contribution is -0.121. The van der Waals surface area contributed by atoms with E-state index in [1.165, 1.54) is 0 Å². The number of phenolic OH excluding ortho intramolecular Hbond substituents is 1.